The smallest absolute Gasteiger partial charge is 0.00775 e. The molecule has 0 aliphatic rings. The summed E-state index contributed by atoms with van der Waals surface area (Å²) in [5.41, 5.74) is 0. The van der Waals surface area contributed by atoms with Crippen LogP contribution in [0, 0.1) is 0 Å². The van der Waals surface area contributed by atoms with Crippen molar-refractivity contribution in [1.82, 2.24) is 10.6 Å². The lowest BCUT2D eigenvalue weighted by atomic mass is 10.7. The third-order valence-corrected chi connectivity index (χ3v) is 0.500. The van der Waals surface area contributed by atoms with Gasteiger partial charge in [0.05, 0.1) is 0 Å². The molecule has 0 atom stereocenters. The van der Waals surface area contributed by atoms with Crippen LogP contribution in [0.3, 0.4) is 0 Å². The van der Waals surface area contributed by atoms with E-state index in [0.29, 0.717) is 0 Å². The van der Waals surface area contributed by atoms with Crippen molar-refractivity contribution in [2.45, 2.75) is 13.8 Å². The van der Waals surface area contributed by atoms with Gasteiger partial charge in [-0.1, -0.05) is 13.8 Å². The summed E-state index contributed by atoms with van der Waals surface area (Å²) >= 11 is 0. The maximum atomic E-state index is 3.11. The third-order valence-electron chi connectivity index (χ3n) is 0.500. The molecule has 0 radical (unpaired) electrons. The summed E-state index contributed by atoms with van der Waals surface area (Å²) in [5.74, 6) is 0. The van der Waals surface area contributed by atoms with Gasteiger partial charge >= 0.3 is 0 Å². The normalized spacial score (nSPS) is 6.00. The molecule has 0 amide bonds. The van der Waals surface area contributed by atoms with Crippen LogP contribution in [0.25, 0.3) is 0 Å². The molecule has 0 bridgehead atoms. The van der Waals surface area contributed by atoms with Crippen LogP contribution in [0.5, 0.6) is 0 Å². The van der Waals surface area contributed by atoms with Crippen molar-refractivity contribution >= 4 is 24.8 Å². The fourth-order valence-corrected chi connectivity index (χ4v) is 0.250. The summed E-state index contributed by atoms with van der Waals surface area (Å²) in [7, 11) is 3.75. The van der Waals surface area contributed by atoms with Gasteiger partial charge in [0, 0.05) is 0 Å². The Morgan fingerprint density at radius 3 is 1.10 bits per heavy atom. The fourth-order valence-electron chi connectivity index (χ4n) is 0.250. The quantitative estimate of drug-likeness (QED) is 0.687. The van der Waals surface area contributed by atoms with Crippen molar-refractivity contribution in [1.29, 1.82) is 0 Å². The Hall–Kier alpha value is 0.500. The molecule has 10 heavy (non-hydrogen) atoms. The van der Waals surface area contributed by atoms with E-state index in [4.69, 9.17) is 0 Å². The van der Waals surface area contributed by atoms with Crippen LogP contribution < -0.4 is 10.6 Å². The highest BCUT2D eigenvalue weighted by atomic mass is 35.5. The molecule has 0 aromatic rings. The second kappa shape index (κ2) is 33.9. The van der Waals surface area contributed by atoms with E-state index in [9.17, 15) is 0 Å². The monoisotopic (exact) mass is 190 g/mol. The average Bonchev–Trinajstić information content (AvgIpc) is 1.71. The van der Waals surface area contributed by atoms with E-state index in [1.165, 1.54) is 0 Å². The first-order valence-corrected chi connectivity index (χ1v) is 3.12. The lowest BCUT2D eigenvalue weighted by Crippen LogP contribution is -2.09. The van der Waals surface area contributed by atoms with Gasteiger partial charge in [0.1, 0.15) is 0 Å². The first-order chi connectivity index (χ1) is 3.83. The molecule has 0 fully saturated rings. The van der Waals surface area contributed by atoms with Crippen LogP contribution in [0.2, 0.25) is 0 Å². The summed E-state index contributed by atoms with van der Waals surface area (Å²) in [5, 5.41) is 5.86. The van der Waals surface area contributed by atoms with Gasteiger partial charge in [0.2, 0.25) is 0 Å². The van der Waals surface area contributed by atoms with E-state index >= 15 is 0 Å². The van der Waals surface area contributed by atoms with Crippen molar-refractivity contribution in [2.24, 2.45) is 0 Å². The average molecular weight is 191 g/mol. The van der Waals surface area contributed by atoms with Crippen LogP contribution in [0.4, 0.5) is 0 Å². The van der Waals surface area contributed by atoms with Crippen molar-refractivity contribution in [3.63, 3.8) is 0 Å². The highest BCUT2D eigenvalue weighted by Crippen LogP contribution is 1.47. The molecular weight excluding hydrogens is 171 g/mol. The Balaban J connectivity index is -0.0000000326. The predicted octanol–water partition coefficient (Wildman–Crippen LogP) is 1.29. The fraction of sp³-hybridized carbons (Fsp3) is 1.00. The minimum Gasteiger partial charge on any atom is -0.323 e. The van der Waals surface area contributed by atoms with Gasteiger partial charge in [0.15, 0.2) is 0 Å². The lowest BCUT2D eigenvalue weighted by Gasteiger charge is -1.86. The van der Waals surface area contributed by atoms with Gasteiger partial charge in [-0.05, 0) is 27.2 Å². The molecule has 68 valence electrons. The summed E-state index contributed by atoms with van der Waals surface area (Å²) in [6.45, 7) is 6.39. The largest absolute Gasteiger partial charge is 0.323 e. The molecule has 0 spiro atoms. The van der Waals surface area contributed by atoms with E-state index in [1.54, 1.807) is 0 Å². The second-order valence-electron chi connectivity index (χ2n) is 1.46. The molecule has 0 heterocycles. The van der Waals surface area contributed by atoms with E-state index in [-0.39, 0.29) is 24.8 Å². The van der Waals surface area contributed by atoms with Crippen LogP contribution in [-0.2, 0) is 0 Å². The molecule has 2 N–H and O–H groups in total. The molecular formula is C6H20Cl2N2. The number of hydrogen-bond donors (Lipinski definition) is 2. The molecule has 0 unspecified atom stereocenters. The zero-order valence-corrected chi connectivity index (χ0v) is 8.86. The lowest BCUT2D eigenvalue weighted by molar-refractivity contribution is 0.762. The first kappa shape index (κ1) is 22.4. The molecule has 0 rings (SSSR count). The van der Waals surface area contributed by atoms with Crippen molar-refractivity contribution in [2.75, 3.05) is 27.2 Å². The Bertz CT molecular complexity index is 27.7. The van der Waals surface area contributed by atoms with Crippen LogP contribution in [0.1, 0.15) is 13.8 Å². The third kappa shape index (κ3) is 76.5. The van der Waals surface area contributed by atoms with E-state index in [1.807, 2.05) is 14.1 Å². The van der Waals surface area contributed by atoms with Crippen molar-refractivity contribution in [3.8, 4) is 0 Å². The summed E-state index contributed by atoms with van der Waals surface area (Å²) in [6.07, 6.45) is 0. The van der Waals surface area contributed by atoms with Crippen molar-refractivity contribution < 1.29 is 0 Å². The predicted molar refractivity (Wildman–Crippen MR) is 53.7 cm³/mol. The SMILES string of the molecule is CCNCC.CNC.Cl.Cl. The Morgan fingerprint density at radius 1 is 0.900 bits per heavy atom. The molecule has 0 aromatic heterocycles. The van der Waals surface area contributed by atoms with Crippen LogP contribution >= 0.6 is 24.8 Å². The minimum atomic E-state index is 0. The zero-order chi connectivity index (χ0) is 6.83. The maximum absolute atomic E-state index is 3.11. The minimum absolute atomic E-state index is 0. The van der Waals surface area contributed by atoms with Gasteiger partial charge in [-0.25, -0.2) is 0 Å². The van der Waals surface area contributed by atoms with Crippen molar-refractivity contribution in [3.05, 3.63) is 0 Å². The van der Waals surface area contributed by atoms with Gasteiger partial charge in [0.25, 0.3) is 0 Å². The van der Waals surface area contributed by atoms with Gasteiger partial charge in [-0.15, -0.1) is 24.8 Å². The summed E-state index contributed by atoms with van der Waals surface area (Å²) in [4.78, 5) is 0. The topological polar surface area (TPSA) is 24.1 Å². The van der Waals surface area contributed by atoms with Gasteiger partial charge < -0.3 is 10.6 Å². The molecule has 0 saturated heterocycles. The Labute approximate surface area is 77.0 Å². The van der Waals surface area contributed by atoms with E-state index in [0.717, 1.165) is 13.1 Å². The van der Waals surface area contributed by atoms with E-state index < -0.39 is 0 Å². The molecule has 4 heteroatoms. The number of nitrogens with one attached hydrogen (secondary N) is 2. The van der Waals surface area contributed by atoms with Gasteiger partial charge in [-0.3, -0.25) is 0 Å². The second-order valence-corrected chi connectivity index (χ2v) is 1.46. The maximum Gasteiger partial charge on any atom is -0.00775 e. The Kier molecular flexibility index (Phi) is 76.0. The standard InChI is InChI=1S/C4H11N.C2H7N.2ClH/c1-3-5-4-2;1-3-2;;/h5H,3-4H2,1-2H3;3H,1-2H3;2*1H. The highest BCUT2D eigenvalue weighted by Gasteiger charge is 1.62. The number of halogens is 2. The zero-order valence-electron chi connectivity index (χ0n) is 7.23. The number of hydrogen-bond acceptors (Lipinski definition) is 2. The molecule has 0 aromatic carbocycles. The van der Waals surface area contributed by atoms with E-state index in [2.05, 4.69) is 24.5 Å². The van der Waals surface area contributed by atoms with Crippen LogP contribution in [-0.4, -0.2) is 27.2 Å². The number of rotatable bonds is 2. The molecule has 0 aliphatic carbocycles. The molecule has 2 nitrogen and oxygen atoms in total. The molecule has 0 saturated carbocycles. The Morgan fingerprint density at radius 2 is 1.10 bits per heavy atom. The molecule has 0 aliphatic heterocycles. The summed E-state index contributed by atoms with van der Waals surface area (Å²) < 4.78 is 0. The first-order valence-electron chi connectivity index (χ1n) is 3.12. The van der Waals surface area contributed by atoms with Gasteiger partial charge in [-0.2, -0.15) is 0 Å². The highest BCUT2D eigenvalue weighted by molar-refractivity contribution is 5.85. The summed E-state index contributed by atoms with van der Waals surface area (Å²) in [6, 6.07) is 0. The van der Waals surface area contributed by atoms with Crippen LogP contribution in [0.15, 0.2) is 0 Å².